The van der Waals surface area contributed by atoms with Crippen LogP contribution in [0.5, 0.6) is 17.2 Å². The summed E-state index contributed by atoms with van der Waals surface area (Å²) in [6, 6.07) is 12.5. The van der Waals surface area contributed by atoms with Gasteiger partial charge >= 0.3 is 10.1 Å². The first-order valence-corrected chi connectivity index (χ1v) is 9.44. The highest BCUT2D eigenvalue weighted by atomic mass is 35.5. The van der Waals surface area contributed by atoms with Crippen LogP contribution in [0.25, 0.3) is 0 Å². The number of halogens is 2. The molecule has 0 radical (unpaired) electrons. The van der Waals surface area contributed by atoms with Gasteiger partial charge in [-0.05, 0) is 24.6 Å². The first kappa shape index (κ1) is 19.0. The van der Waals surface area contributed by atoms with Crippen LogP contribution in [0, 0.1) is 11.3 Å². The summed E-state index contributed by atoms with van der Waals surface area (Å²) in [6.45, 7) is -0.790. The van der Waals surface area contributed by atoms with Gasteiger partial charge in [0.2, 0.25) is 0 Å². The molecule has 0 spiro atoms. The second-order valence-corrected chi connectivity index (χ2v) is 7.07. The number of benzene rings is 2. The highest BCUT2D eigenvalue weighted by molar-refractivity contribution is 7.87. The number of ether oxygens (including phenoxy) is 1. The molecular weight excluding hydrogens is 369 g/mol. The fourth-order valence-corrected chi connectivity index (χ4v) is 3.31. The fraction of sp³-hybridized carbons (Fsp3) is 0.235. The van der Waals surface area contributed by atoms with Crippen molar-refractivity contribution in [3.63, 3.8) is 0 Å². The lowest BCUT2D eigenvalue weighted by Crippen LogP contribution is -2.14. The second kappa shape index (κ2) is 8.70. The number of hydrogen-bond acceptors (Lipinski definition) is 5. The maximum Gasteiger partial charge on any atom is 0.309 e. The van der Waals surface area contributed by atoms with Crippen molar-refractivity contribution in [3.05, 3.63) is 53.6 Å². The van der Waals surface area contributed by atoms with Gasteiger partial charge in [-0.1, -0.05) is 18.2 Å². The Kier molecular flexibility index (Phi) is 6.62. The summed E-state index contributed by atoms with van der Waals surface area (Å²) in [6.07, 6.45) is 0.279. The monoisotopic (exact) mass is 383 g/mol. The van der Waals surface area contributed by atoms with E-state index in [-0.39, 0.29) is 46.4 Å². The summed E-state index contributed by atoms with van der Waals surface area (Å²) in [5, 5.41) is 9.19. The van der Waals surface area contributed by atoms with Crippen molar-refractivity contribution in [2.45, 2.75) is 13.1 Å². The molecule has 0 fully saturated rings. The standard InChI is InChI=1S/C17H15ClFNO4S/c18-8-3-9-25(21,22)24-15-6-2-5-14(10-15)23-17-7-1-4-13(11-19)16(17)12-20/h1-2,4-7,10H,3,8-9,11H2. The van der Waals surface area contributed by atoms with Gasteiger partial charge in [0.15, 0.2) is 0 Å². The molecule has 132 valence electrons. The molecule has 0 aliphatic carbocycles. The van der Waals surface area contributed by atoms with Crippen LogP contribution < -0.4 is 8.92 Å². The number of nitriles is 1. The summed E-state index contributed by atoms with van der Waals surface area (Å²) in [5.41, 5.74) is 0.308. The van der Waals surface area contributed by atoms with Crippen LogP contribution in [-0.2, 0) is 16.8 Å². The summed E-state index contributed by atoms with van der Waals surface area (Å²) in [5.74, 6) is 0.538. The third kappa shape index (κ3) is 5.34. The van der Waals surface area contributed by atoms with E-state index in [0.29, 0.717) is 0 Å². The van der Waals surface area contributed by atoms with E-state index in [9.17, 15) is 18.1 Å². The van der Waals surface area contributed by atoms with Gasteiger partial charge in [0.05, 0.1) is 5.75 Å². The Morgan fingerprint density at radius 2 is 1.88 bits per heavy atom. The van der Waals surface area contributed by atoms with Crippen molar-refractivity contribution in [3.8, 4) is 23.3 Å². The molecule has 5 nitrogen and oxygen atoms in total. The van der Waals surface area contributed by atoms with Gasteiger partial charge in [-0.3, -0.25) is 0 Å². The predicted octanol–water partition coefficient (Wildman–Crippen LogP) is 4.16. The van der Waals surface area contributed by atoms with Gasteiger partial charge in [0.25, 0.3) is 0 Å². The van der Waals surface area contributed by atoms with Crippen LogP contribution in [0.15, 0.2) is 42.5 Å². The summed E-state index contributed by atoms with van der Waals surface area (Å²) in [7, 11) is -3.75. The lowest BCUT2D eigenvalue weighted by atomic mass is 10.1. The van der Waals surface area contributed by atoms with Crippen LogP contribution >= 0.6 is 11.6 Å². The van der Waals surface area contributed by atoms with Crippen LogP contribution in [0.3, 0.4) is 0 Å². The molecule has 2 aromatic carbocycles. The molecule has 8 heteroatoms. The smallest absolute Gasteiger partial charge is 0.309 e. The molecule has 0 saturated carbocycles. The third-order valence-electron chi connectivity index (χ3n) is 3.15. The Bertz CT molecular complexity index is 880. The minimum Gasteiger partial charge on any atom is -0.456 e. The summed E-state index contributed by atoms with van der Waals surface area (Å²) >= 11 is 5.49. The zero-order chi connectivity index (χ0) is 18.3. The van der Waals surface area contributed by atoms with Crippen molar-refractivity contribution < 1.29 is 21.7 Å². The van der Waals surface area contributed by atoms with Crippen LogP contribution in [-0.4, -0.2) is 20.1 Å². The van der Waals surface area contributed by atoms with Crippen LogP contribution in [0.2, 0.25) is 0 Å². The van der Waals surface area contributed by atoms with E-state index < -0.39 is 16.8 Å². The van der Waals surface area contributed by atoms with Crippen LogP contribution in [0.4, 0.5) is 4.39 Å². The lowest BCUT2D eigenvalue weighted by Gasteiger charge is -2.11. The Hall–Kier alpha value is -2.30. The minimum absolute atomic E-state index is 0.0761. The van der Waals surface area contributed by atoms with E-state index in [0.717, 1.165) is 0 Å². The van der Waals surface area contributed by atoms with Gasteiger partial charge in [0, 0.05) is 17.5 Å². The summed E-state index contributed by atoms with van der Waals surface area (Å²) < 4.78 is 47.1. The molecule has 2 rings (SSSR count). The van der Waals surface area contributed by atoms with E-state index in [1.165, 1.54) is 24.3 Å². The van der Waals surface area contributed by atoms with E-state index in [1.54, 1.807) is 18.2 Å². The average molecular weight is 384 g/mol. The van der Waals surface area contributed by atoms with Gasteiger partial charge in [-0.2, -0.15) is 13.7 Å². The fourth-order valence-electron chi connectivity index (χ4n) is 2.04. The van der Waals surface area contributed by atoms with Gasteiger partial charge in [-0.15, -0.1) is 11.6 Å². The predicted molar refractivity (Wildman–Crippen MR) is 92.2 cm³/mol. The quantitative estimate of drug-likeness (QED) is 0.505. The van der Waals surface area contributed by atoms with Crippen LogP contribution in [0.1, 0.15) is 17.5 Å². The van der Waals surface area contributed by atoms with Crippen molar-refractivity contribution in [2.75, 3.05) is 11.6 Å². The summed E-state index contributed by atoms with van der Waals surface area (Å²) in [4.78, 5) is 0. The topological polar surface area (TPSA) is 76.4 Å². The zero-order valence-electron chi connectivity index (χ0n) is 13.1. The number of alkyl halides is 2. The molecule has 0 saturated heterocycles. The Labute approximate surface area is 150 Å². The average Bonchev–Trinajstić information content (AvgIpc) is 2.59. The highest BCUT2D eigenvalue weighted by Crippen LogP contribution is 2.30. The Morgan fingerprint density at radius 3 is 2.56 bits per heavy atom. The molecule has 0 heterocycles. The normalized spacial score (nSPS) is 10.9. The lowest BCUT2D eigenvalue weighted by molar-refractivity contribution is 0.460. The molecule has 0 aromatic heterocycles. The van der Waals surface area contributed by atoms with Gasteiger partial charge in [0.1, 0.15) is 35.6 Å². The zero-order valence-corrected chi connectivity index (χ0v) is 14.7. The number of hydrogen-bond donors (Lipinski definition) is 0. The Balaban J connectivity index is 2.22. The molecule has 0 N–H and O–H groups in total. The molecule has 0 unspecified atom stereocenters. The van der Waals surface area contributed by atoms with Crippen molar-refractivity contribution >= 4 is 21.7 Å². The SMILES string of the molecule is N#Cc1c(CF)cccc1Oc1cccc(OS(=O)(=O)CCCCl)c1. The van der Waals surface area contributed by atoms with E-state index >= 15 is 0 Å². The molecule has 0 aliphatic rings. The van der Waals surface area contributed by atoms with Crippen molar-refractivity contribution in [1.29, 1.82) is 5.26 Å². The van der Waals surface area contributed by atoms with E-state index in [1.807, 2.05) is 6.07 Å². The van der Waals surface area contributed by atoms with Crippen molar-refractivity contribution in [1.82, 2.24) is 0 Å². The maximum atomic E-state index is 12.9. The first-order chi connectivity index (χ1) is 12.0. The molecule has 0 bridgehead atoms. The molecule has 0 aliphatic heterocycles. The van der Waals surface area contributed by atoms with Gasteiger partial charge < -0.3 is 8.92 Å². The Morgan fingerprint density at radius 1 is 1.16 bits per heavy atom. The number of rotatable bonds is 8. The van der Waals surface area contributed by atoms with Gasteiger partial charge in [-0.25, -0.2) is 4.39 Å². The first-order valence-electron chi connectivity index (χ1n) is 7.33. The maximum absolute atomic E-state index is 12.9. The molecular formula is C17H15ClFNO4S. The highest BCUT2D eigenvalue weighted by Gasteiger charge is 2.14. The molecule has 0 amide bonds. The molecule has 25 heavy (non-hydrogen) atoms. The largest absolute Gasteiger partial charge is 0.456 e. The number of nitrogens with zero attached hydrogens (tertiary/aromatic N) is 1. The molecule has 0 atom stereocenters. The second-order valence-electron chi connectivity index (χ2n) is 5.00. The van der Waals surface area contributed by atoms with E-state index in [4.69, 9.17) is 20.5 Å². The van der Waals surface area contributed by atoms with Crippen molar-refractivity contribution in [2.24, 2.45) is 0 Å². The third-order valence-corrected chi connectivity index (χ3v) is 4.66. The molecule has 2 aromatic rings. The minimum atomic E-state index is -3.75. The van der Waals surface area contributed by atoms with E-state index in [2.05, 4.69) is 0 Å².